The Kier molecular flexibility index (Phi) is 7.48. The third-order valence-electron chi connectivity index (χ3n) is 4.07. The summed E-state index contributed by atoms with van der Waals surface area (Å²) in [4.78, 5) is 0. The Hall–Kier alpha value is -0.530. The monoisotopic (exact) mass is 281 g/mol. The van der Waals surface area contributed by atoms with Crippen LogP contribution in [0.5, 0.6) is 0 Å². The molecule has 2 heteroatoms. The van der Waals surface area contributed by atoms with Crippen LogP contribution in [0.15, 0.2) is 24.3 Å². The predicted octanol–water partition coefficient (Wildman–Crippen LogP) is 5.60. The van der Waals surface area contributed by atoms with Gasteiger partial charge in [0.2, 0.25) is 0 Å². The lowest BCUT2D eigenvalue weighted by molar-refractivity contribution is 0.314. The zero-order chi connectivity index (χ0) is 14.3. The van der Waals surface area contributed by atoms with E-state index in [-0.39, 0.29) is 0 Å². The first-order valence-corrected chi connectivity index (χ1v) is 8.01. The zero-order valence-corrected chi connectivity index (χ0v) is 13.5. The highest BCUT2D eigenvalue weighted by atomic mass is 35.5. The van der Waals surface area contributed by atoms with Gasteiger partial charge < -0.3 is 5.32 Å². The largest absolute Gasteiger partial charge is 0.307 e. The number of hydrogen-bond acceptors (Lipinski definition) is 1. The molecule has 0 aliphatic carbocycles. The number of halogens is 1. The van der Waals surface area contributed by atoms with Crippen LogP contribution in [0.25, 0.3) is 0 Å². The third-order valence-corrected chi connectivity index (χ3v) is 4.32. The molecule has 0 heterocycles. The molecule has 0 aliphatic rings. The molecular formula is C17H28ClN. The molecule has 1 nitrogen and oxygen atoms in total. The highest BCUT2D eigenvalue weighted by Crippen LogP contribution is 2.23. The van der Waals surface area contributed by atoms with Crippen molar-refractivity contribution in [2.45, 2.75) is 65.5 Å². The van der Waals surface area contributed by atoms with E-state index >= 15 is 0 Å². The Morgan fingerprint density at radius 3 is 2.11 bits per heavy atom. The van der Waals surface area contributed by atoms with Crippen LogP contribution in [0, 0.1) is 5.92 Å². The van der Waals surface area contributed by atoms with E-state index in [4.69, 9.17) is 11.6 Å². The molecular weight excluding hydrogens is 254 g/mol. The van der Waals surface area contributed by atoms with Crippen LogP contribution in [-0.4, -0.2) is 6.04 Å². The van der Waals surface area contributed by atoms with Crippen molar-refractivity contribution in [3.63, 3.8) is 0 Å². The van der Waals surface area contributed by atoms with Gasteiger partial charge in [-0.3, -0.25) is 0 Å². The molecule has 19 heavy (non-hydrogen) atoms. The summed E-state index contributed by atoms with van der Waals surface area (Å²) in [6.07, 6.45) is 4.84. The molecule has 0 saturated carbocycles. The standard InChI is InChI=1S/C17H28ClN/c1-5-8-17(15-9-11-16(18)12-10-15)19-13(4)14(6-2)7-3/h9-14,17,19H,5-8H2,1-4H3. The van der Waals surface area contributed by atoms with Gasteiger partial charge >= 0.3 is 0 Å². The maximum absolute atomic E-state index is 5.97. The SMILES string of the molecule is CCCC(NC(C)C(CC)CC)c1ccc(Cl)cc1. The molecule has 0 amide bonds. The molecule has 0 spiro atoms. The van der Waals surface area contributed by atoms with Crippen LogP contribution in [0.4, 0.5) is 0 Å². The van der Waals surface area contributed by atoms with E-state index in [1.807, 2.05) is 12.1 Å². The minimum Gasteiger partial charge on any atom is -0.307 e. The van der Waals surface area contributed by atoms with Gasteiger partial charge in [-0.15, -0.1) is 0 Å². The quantitative estimate of drug-likeness (QED) is 0.654. The lowest BCUT2D eigenvalue weighted by atomic mass is 9.93. The first-order chi connectivity index (χ1) is 9.12. The number of hydrogen-bond donors (Lipinski definition) is 1. The summed E-state index contributed by atoms with van der Waals surface area (Å²) in [5, 5.41) is 4.62. The van der Waals surface area contributed by atoms with E-state index in [1.165, 1.54) is 31.2 Å². The van der Waals surface area contributed by atoms with E-state index in [0.717, 1.165) is 10.9 Å². The summed E-state index contributed by atoms with van der Waals surface area (Å²) in [6, 6.07) is 9.27. The minimum atomic E-state index is 0.442. The van der Waals surface area contributed by atoms with Gasteiger partial charge in [-0.25, -0.2) is 0 Å². The van der Waals surface area contributed by atoms with Crippen LogP contribution in [-0.2, 0) is 0 Å². The van der Waals surface area contributed by atoms with E-state index < -0.39 is 0 Å². The Morgan fingerprint density at radius 2 is 1.63 bits per heavy atom. The molecule has 1 aromatic rings. The Morgan fingerprint density at radius 1 is 1.05 bits per heavy atom. The van der Waals surface area contributed by atoms with Gasteiger partial charge in [-0.05, 0) is 37.0 Å². The number of rotatable bonds is 8. The summed E-state index contributed by atoms with van der Waals surface area (Å²) in [5.74, 6) is 0.756. The van der Waals surface area contributed by atoms with E-state index in [9.17, 15) is 0 Å². The fourth-order valence-electron chi connectivity index (χ4n) is 2.78. The molecule has 0 saturated heterocycles. The van der Waals surface area contributed by atoms with Crippen LogP contribution in [0.2, 0.25) is 5.02 Å². The second kappa shape index (κ2) is 8.60. The Labute approximate surface area is 123 Å². The van der Waals surface area contributed by atoms with Crippen molar-refractivity contribution < 1.29 is 0 Å². The third kappa shape index (κ3) is 5.16. The molecule has 0 aromatic heterocycles. The molecule has 1 aromatic carbocycles. The van der Waals surface area contributed by atoms with Crippen molar-refractivity contribution in [1.29, 1.82) is 0 Å². The Bertz CT molecular complexity index is 343. The smallest absolute Gasteiger partial charge is 0.0406 e. The van der Waals surface area contributed by atoms with Crippen LogP contribution in [0.3, 0.4) is 0 Å². The van der Waals surface area contributed by atoms with Gasteiger partial charge in [0.1, 0.15) is 0 Å². The molecule has 2 atom stereocenters. The first kappa shape index (κ1) is 16.5. The van der Waals surface area contributed by atoms with Crippen molar-refractivity contribution in [3.05, 3.63) is 34.9 Å². The molecule has 0 fully saturated rings. The van der Waals surface area contributed by atoms with Gasteiger partial charge in [0.05, 0.1) is 0 Å². The van der Waals surface area contributed by atoms with Crippen LogP contribution >= 0.6 is 11.6 Å². The molecule has 2 unspecified atom stereocenters. The van der Waals surface area contributed by atoms with Gasteiger partial charge in [-0.1, -0.05) is 63.8 Å². The normalized spacial score (nSPS) is 14.6. The van der Waals surface area contributed by atoms with Gasteiger partial charge in [0.15, 0.2) is 0 Å². The lowest BCUT2D eigenvalue weighted by Gasteiger charge is -2.28. The van der Waals surface area contributed by atoms with E-state index in [1.54, 1.807) is 0 Å². The molecule has 1 N–H and O–H groups in total. The van der Waals surface area contributed by atoms with Crippen LogP contribution < -0.4 is 5.32 Å². The maximum Gasteiger partial charge on any atom is 0.0406 e. The van der Waals surface area contributed by atoms with Crippen molar-refractivity contribution in [1.82, 2.24) is 5.32 Å². The van der Waals surface area contributed by atoms with Crippen molar-refractivity contribution >= 4 is 11.6 Å². The molecule has 0 aliphatic heterocycles. The topological polar surface area (TPSA) is 12.0 Å². The summed E-state index contributed by atoms with van der Waals surface area (Å²) in [5.41, 5.74) is 1.35. The Balaban J connectivity index is 2.74. The van der Waals surface area contributed by atoms with Gasteiger partial charge in [0.25, 0.3) is 0 Å². The summed E-state index contributed by atoms with van der Waals surface area (Å²) in [6.45, 7) is 9.12. The van der Waals surface area contributed by atoms with Crippen molar-refractivity contribution in [2.24, 2.45) is 5.92 Å². The molecule has 0 radical (unpaired) electrons. The second-order valence-electron chi connectivity index (χ2n) is 5.42. The molecule has 108 valence electrons. The lowest BCUT2D eigenvalue weighted by Crippen LogP contribution is -2.36. The zero-order valence-electron chi connectivity index (χ0n) is 12.7. The maximum atomic E-state index is 5.97. The minimum absolute atomic E-state index is 0.442. The predicted molar refractivity (Wildman–Crippen MR) is 85.8 cm³/mol. The average Bonchev–Trinajstić information content (AvgIpc) is 2.40. The fourth-order valence-corrected chi connectivity index (χ4v) is 2.91. The average molecular weight is 282 g/mol. The summed E-state index contributed by atoms with van der Waals surface area (Å²) in [7, 11) is 0. The number of benzene rings is 1. The van der Waals surface area contributed by atoms with E-state index in [2.05, 4.69) is 45.1 Å². The first-order valence-electron chi connectivity index (χ1n) is 7.63. The summed E-state index contributed by atoms with van der Waals surface area (Å²) >= 11 is 5.97. The number of nitrogens with one attached hydrogen (secondary N) is 1. The molecule has 1 rings (SSSR count). The van der Waals surface area contributed by atoms with Gasteiger partial charge in [0, 0.05) is 17.1 Å². The highest BCUT2D eigenvalue weighted by molar-refractivity contribution is 6.30. The van der Waals surface area contributed by atoms with Crippen molar-refractivity contribution in [2.75, 3.05) is 0 Å². The molecule has 0 bridgehead atoms. The van der Waals surface area contributed by atoms with Crippen LogP contribution in [0.1, 0.15) is 65.0 Å². The van der Waals surface area contributed by atoms with Crippen molar-refractivity contribution in [3.8, 4) is 0 Å². The highest BCUT2D eigenvalue weighted by Gasteiger charge is 2.18. The second-order valence-corrected chi connectivity index (χ2v) is 5.86. The summed E-state index contributed by atoms with van der Waals surface area (Å²) < 4.78 is 0. The van der Waals surface area contributed by atoms with E-state index in [0.29, 0.717) is 12.1 Å². The van der Waals surface area contributed by atoms with Gasteiger partial charge in [-0.2, -0.15) is 0 Å². The fraction of sp³-hybridized carbons (Fsp3) is 0.647.